The number of alkyl halides is 3. The first kappa shape index (κ1) is 22.3. The van der Waals surface area contributed by atoms with Crippen molar-refractivity contribution in [2.24, 2.45) is 0 Å². The summed E-state index contributed by atoms with van der Waals surface area (Å²) in [6.45, 7) is 3.93. The summed E-state index contributed by atoms with van der Waals surface area (Å²) in [5.41, 5.74) is -1.08. The van der Waals surface area contributed by atoms with Gasteiger partial charge in [-0.25, -0.2) is 13.6 Å². The maximum absolute atomic E-state index is 13.4. The number of carbonyl (C=O) groups is 1. The van der Waals surface area contributed by atoms with Crippen LogP contribution in [0.15, 0.2) is 36.4 Å². The van der Waals surface area contributed by atoms with Crippen LogP contribution >= 0.6 is 0 Å². The summed E-state index contributed by atoms with van der Waals surface area (Å²) in [6.07, 6.45) is -4.66. The lowest BCUT2D eigenvalue weighted by atomic mass is 10.0. The Morgan fingerprint density at radius 3 is 2.39 bits per heavy atom. The number of benzene rings is 2. The Morgan fingerprint density at radius 1 is 1.06 bits per heavy atom. The van der Waals surface area contributed by atoms with E-state index >= 15 is 0 Å². The SMILES string of the molecule is C[C@@H]1CN(c2ccc(C#N)c(C(F)(F)F)c2)[C@@H](C)CN1C(=O)Nc1ccc(F)c(F)c1. The predicted octanol–water partition coefficient (Wildman–Crippen LogP) is 4.99. The van der Waals surface area contributed by atoms with Crippen molar-refractivity contribution in [1.82, 2.24) is 4.90 Å². The highest BCUT2D eigenvalue weighted by molar-refractivity contribution is 5.89. The molecule has 1 N–H and O–H groups in total. The molecule has 164 valence electrons. The van der Waals surface area contributed by atoms with Gasteiger partial charge in [-0.3, -0.25) is 0 Å². The third-order valence-electron chi connectivity index (χ3n) is 5.18. The lowest BCUT2D eigenvalue weighted by Crippen LogP contribution is -2.59. The van der Waals surface area contributed by atoms with Crippen LogP contribution in [0.2, 0.25) is 0 Å². The van der Waals surface area contributed by atoms with E-state index in [9.17, 15) is 26.7 Å². The summed E-state index contributed by atoms with van der Waals surface area (Å²) in [7, 11) is 0. The molecule has 2 amide bonds. The smallest absolute Gasteiger partial charge is 0.365 e. The first-order valence-electron chi connectivity index (χ1n) is 9.42. The number of halogens is 5. The molecule has 1 heterocycles. The van der Waals surface area contributed by atoms with Crippen LogP contribution in [-0.4, -0.2) is 36.1 Å². The van der Waals surface area contributed by atoms with E-state index in [0.29, 0.717) is 5.69 Å². The van der Waals surface area contributed by atoms with E-state index in [0.717, 1.165) is 24.3 Å². The van der Waals surface area contributed by atoms with E-state index < -0.39 is 35.0 Å². The first-order valence-corrected chi connectivity index (χ1v) is 9.42. The Labute approximate surface area is 175 Å². The summed E-state index contributed by atoms with van der Waals surface area (Å²) < 4.78 is 66.4. The molecule has 0 saturated carbocycles. The minimum absolute atomic E-state index is 0.0908. The molecule has 0 aliphatic carbocycles. The highest BCUT2D eigenvalue weighted by atomic mass is 19.4. The van der Waals surface area contributed by atoms with Crippen LogP contribution in [0.3, 0.4) is 0 Å². The van der Waals surface area contributed by atoms with Crippen molar-refractivity contribution < 1.29 is 26.7 Å². The first-order chi connectivity index (χ1) is 14.5. The number of nitrogens with zero attached hydrogens (tertiary/aromatic N) is 3. The Balaban J connectivity index is 1.77. The van der Waals surface area contributed by atoms with Crippen molar-refractivity contribution in [3.05, 3.63) is 59.2 Å². The van der Waals surface area contributed by atoms with Crippen molar-refractivity contribution in [1.29, 1.82) is 5.26 Å². The van der Waals surface area contributed by atoms with E-state index in [4.69, 9.17) is 5.26 Å². The Kier molecular flexibility index (Phi) is 6.06. The zero-order chi connectivity index (χ0) is 22.9. The molecule has 0 unspecified atom stereocenters. The molecule has 3 rings (SSSR count). The van der Waals surface area contributed by atoms with E-state index in [-0.39, 0.29) is 30.9 Å². The number of piperazine rings is 1. The van der Waals surface area contributed by atoms with Gasteiger partial charge in [-0.15, -0.1) is 0 Å². The Morgan fingerprint density at radius 2 is 1.77 bits per heavy atom. The molecule has 0 radical (unpaired) electrons. The molecule has 2 atom stereocenters. The van der Waals surface area contributed by atoms with Gasteiger partial charge in [-0.05, 0) is 44.2 Å². The molecular formula is C21H19F5N4O. The minimum Gasteiger partial charge on any atom is -0.365 e. The van der Waals surface area contributed by atoms with Crippen molar-refractivity contribution >= 4 is 17.4 Å². The van der Waals surface area contributed by atoms with E-state index in [2.05, 4.69) is 5.32 Å². The van der Waals surface area contributed by atoms with Crippen LogP contribution in [0.1, 0.15) is 25.0 Å². The maximum atomic E-state index is 13.4. The molecule has 2 aromatic carbocycles. The number of nitriles is 1. The van der Waals surface area contributed by atoms with Crippen molar-refractivity contribution in [3.8, 4) is 6.07 Å². The molecule has 0 aromatic heterocycles. The van der Waals surface area contributed by atoms with Crippen molar-refractivity contribution in [3.63, 3.8) is 0 Å². The van der Waals surface area contributed by atoms with E-state index in [1.54, 1.807) is 24.8 Å². The molecule has 10 heteroatoms. The van der Waals surface area contributed by atoms with E-state index in [1.807, 2.05) is 0 Å². The number of anilines is 2. The monoisotopic (exact) mass is 438 g/mol. The molecule has 1 aliphatic rings. The van der Waals surface area contributed by atoms with Gasteiger partial charge in [0.05, 0.1) is 17.2 Å². The molecule has 0 bridgehead atoms. The van der Waals surface area contributed by atoms with Crippen LogP contribution in [0.25, 0.3) is 0 Å². The fourth-order valence-electron chi connectivity index (χ4n) is 3.58. The average molecular weight is 438 g/mol. The zero-order valence-corrected chi connectivity index (χ0v) is 16.7. The second-order valence-electron chi connectivity index (χ2n) is 7.40. The van der Waals surface area contributed by atoms with Gasteiger partial charge in [0.1, 0.15) is 0 Å². The van der Waals surface area contributed by atoms with Gasteiger partial charge in [0, 0.05) is 42.6 Å². The Hall–Kier alpha value is -3.35. The van der Waals surface area contributed by atoms with Gasteiger partial charge in [-0.2, -0.15) is 18.4 Å². The van der Waals surface area contributed by atoms with Gasteiger partial charge < -0.3 is 15.1 Å². The molecule has 31 heavy (non-hydrogen) atoms. The van der Waals surface area contributed by atoms with Crippen LogP contribution in [0, 0.1) is 23.0 Å². The van der Waals surface area contributed by atoms with Crippen LogP contribution in [-0.2, 0) is 6.18 Å². The zero-order valence-electron chi connectivity index (χ0n) is 16.7. The minimum atomic E-state index is -4.66. The molecule has 1 aliphatic heterocycles. The number of hydrogen-bond donors (Lipinski definition) is 1. The van der Waals surface area contributed by atoms with Crippen LogP contribution < -0.4 is 10.2 Å². The average Bonchev–Trinajstić information content (AvgIpc) is 2.71. The van der Waals surface area contributed by atoms with Crippen molar-refractivity contribution in [2.45, 2.75) is 32.1 Å². The van der Waals surface area contributed by atoms with Gasteiger partial charge in [0.15, 0.2) is 11.6 Å². The highest BCUT2D eigenvalue weighted by Gasteiger charge is 2.36. The number of nitrogens with one attached hydrogen (secondary N) is 1. The van der Waals surface area contributed by atoms with Crippen LogP contribution in [0.5, 0.6) is 0 Å². The number of rotatable bonds is 2. The Bertz CT molecular complexity index is 1030. The normalized spacial score (nSPS) is 19.2. The third kappa shape index (κ3) is 4.71. The largest absolute Gasteiger partial charge is 0.417 e. The fourth-order valence-corrected chi connectivity index (χ4v) is 3.58. The predicted molar refractivity (Wildman–Crippen MR) is 105 cm³/mol. The second kappa shape index (κ2) is 8.41. The molecule has 2 aromatic rings. The maximum Gasteiger partial charge on any atom is 0.417 e. The standard InChI is InChI=1S/C21H19F5N4O/c1-12-11-30(20(31)28-15-4-6-18(22)19(23)7-15)13(2)10-29(12)16-5-3-14(9-27)17(8-16)21(24,25)26/h3-8,12-13H,10-11H2,1-2H3,(H,28,31)/t12-,13+/m0/s1. The van der Waals surface area contributed by atoms with Gasteiger partial charge >= 0.3 is 12.2 Å². The molecule has 5 nitrogen and oxygen atoms in total. The molecule has 1 fully saturated rings. The second-order valence-corrected chi connectivity index (χ2v) is 7.40. The number of urea groups is 1. The molecule has 1 saturated heterocycles. The lowest BCUT2D eigenvalue weighted by Gasteiger charge is -2.45. The summed E-state index contributed by atoms with van der Waals surface area (Å²) in [4.78, 5) is 15.8. The van der Waals surface area contributed by atoms with Gasteiger partial charge in [-0.1, -0.05) is 0 Å². The number of amides is 2. The lowest BCUT2D eigenvalue weighted by molar-refractivity contribution is -0.137. The highest BCUT2D eigenvalue weighted by Crippen LogP contribution is 2.35. The van der Waals surface area contributed by atoms with E-state index in [1.165, 1.54) is 17.0 Å². The van der Waals surface area contributed by atoms with Crippen LogP contribution in [0.4, 0.5) is 38.1 Å². The van der Waals surface area contributed by atoms with Crippen molar-refractivity contribution in [2.75, 3.05) is 23.3 Å². The summed E-state index contributed by atoms with van der Waals surface area (Å²) in [5.74, 6) is -2.13. The quantitative estimate of drug-likeness (QED) is 0.673. The third-order valence-corrected chi connectivity index (χ3v) is 5.18. The summed E-state index contributed by atoms with van der Waals surface area (Å²) in [6, 6.07) is 6.85. The number of carbonyl (C=O) groups excluding carboxylic acids is 1. The fraction of sp³-hybridized carbons (Fsp3) is 0.333. The molecule has 0 spiro atoms. The van der Waals surface area contributed by atoms with Gasteiger partial charge in [0.25, 0.3) is 0 Å². The van der Waals surface area contributed by atoms with Gasteiger partial charge in [0.2, 0.25) is 0 Å². The summed E-state index contributed by atoms with van der Waals surface area (Å²) >= 11 is 0. The molecular weight excluding hydrogens is 419 g/mol. The topological polar surface area (TPSA) is 59.4 Å². The summed E-state index contributed by atoms with van der Waals surface area (Å²) in [5, 5.41) is 11.5. The number of hydrogen-bond acceptors (Lipinski definition) is 3.